The Hall–Kier alpha value is -1.16. The van der Waals surface area contributed by atoms with Crippen LogP contribution in [0.5, 0.6) is 5.75 Å². The van der Waals surface area contributed by atoms with Crippen molar-refractivity contribution in [2.24, 2.45) is 11.7 Å². The van der Waals surface area contributed by atoms with Gasteiger partial charge >= 0.3 is 0 Å². The van der Waals surface area contributed by atoms with Crippen LogP contribution in [-0.2, 0) is 6.54 Å². The van der Waals surface area contributed by atoms with Gasteiger partial charge < -0.3 is 10.5 Å². The predicted molar refractivity (Wildman–Crippen MR) is 70.9 cm³/mol. The van der Waals surface area contributed by atoms with Crippen molar-refractivity contribution in [3.8, 4) is 5.75 Å². The zero-order valence-electron chi connectivity index (χ0n) is 11.3. The molecule has 1 aromatic rings. The monoisotopic (exact) mass is 269 g/mol. The third kappa shape index (κ3) is 3.44. The van der Waals surface area contributed by atoms with E-state index in [0.717, 1.165) is 25.7 Å². The van der Waals surface area contributed by atoms with Gasteiger partial charge in [-0.15, -0.1) is 0 Å². The average molecular weight is 269 g/mol. The molecule has 0 aliphatic heterocycles. The number of hydrogen-bond donors (Lipinski definition) is 1. The number of rotatable bonds is 4. The van der Waals surface area contributed by atoms with E-state index in [4.69, 9.17) is 10.5 Å². The second-order valence-electron chi connectivity index (χ2n) is 5.27. The lowest BCUT2D eigenvalue weighted by Crippen LogP contribution is -2.26. The first kappa shape index (κ1) is 14.3. The van der Waals surface area contributed by atoms with Crippen LogP contribution in [0.4, 0.5) is 8.78 Å². The average Bonchev–Trinajstić information content (AvgIpc) is 2.42. The number of halogens is 2. The lowest BCUT2D eigenvalue weighted by Gasteiger charge is -2.29. The van der Waals surface area contributed by atoms with Gasteiger partial charge in [0, 0.05) is 6.54 Å². The fourth-order valence-electron chi connectivity index (χ4n) is 2.73. The van der Waals surface area contributed by atoms with E-state index in [2.05, 4.69) is 6.92 Å². The molecule has 0 amide bonds. The minimum absolute atomic E-state index is 0.0774. The van der Waals surface area contributed by atoms with Crippen LogP contribution in [0.25, 0.3) is 0 Å². The molecule has 1 aromatic carbocycles. The highest BCUT2D eigenvalue weighted by atomic mass is 19.1. The first-order valence-corrected chi connectivity index (χ1v) is 6.98. The Morgan fingerprint density at radius 3 is 2.53 bits per heavy atom. The van der Waals surface area contributed by atoms with Crippen LogP contribution in [0.3, 0.4) is 0 Å². The van der Waals surface area contributed by atoms with Crippen LogP contribution in [-0.4, -0.2) is 6.10 Å². The highest BCUT2D eigenvalue weighted by Gasteiger charge is 2.24. The zero-order valence-corrected chi connectivity index (χ0v) is 11.3. The van der Waals surface area contributed by atoms with E-state index in [0.29, 0.717) is 11.5 Å². The summed E-state index contributed by atoms with van der Waals surface area (Å²) < 4.78 is 33.2. The Labute approximate surface area is 112 Å². The maximum Gasteiger partial charge on any atom is 0.191 e. The Kier molecular flexibility index (Phi) is 4.75. The molecule has 2 N–H and O–H groups in total. The van der Waals surface area contributed by atoms with Crippen molar-refractivity contribution in [1.29, 1.82) is 0 Å². The fourth-order valence-corrected chi connectivity index (χ4v) is 2.73. The lowest BCUT2D eigenvalue weighted by molar-refractivity contribution is 0.112. The number of benzene rings is 1. The summed E-state index contributed by atoms with van der Waals surface area (Å²) in [7, 11) is 0. The van der Waals surface area contributed by atoms with E-state index >= 15 is 0 Å². The molecule has 19 heavy (non-hydrogen) atoms. The van der Waals surface area contributed by atoms with Gasteiger partial charge in [-0.25, -0.2) is 8.78 Å². The number of nitrogens with two attached hydrogens (primary N) is 1. The maximum absolute atomic E-state index is 13.8. The molecule has 0 bridgehead atoms. The zero-order chi connectivity index (χ0) is 13.8. The summed E-state index contributed by atoms with van der Waals surface area (Å²) in [5.74, 6) is -0.953. The second kappa shape index (κ2) is 6.33. The van der Waals surface area contributed by atoms with Gasteiger partial charge in [-0.3, -0.25) is 0 Å². The van der Waals surface area contributed by atoms with E-state index in [1.807, 2.05) is 0 Å². The predicted octanol–water partition coefficient (Wildman–Crippen LogP) is 3.77. The third-order valence-electron chi connectivity index (χ3n) is 3.89. The van der Waals surface area contributed by atoms with E-state index in [9.17, 15) is 8.78 Å². The molecular formula is C15H21F2NO. The first-order valence-electron chi connectivity index (χ1n) is 6.98. The lowest BCUT2D eigenvalue weighted by atomic mass is 9.85. The van der Waals surface area contributed by atoms with E-state index in [1.54, 1.807) is 0 Å². The molecule has 1 saturated carbocycles. The number of hydrogen-bond acceptors (Lipinski definition) is 2. The van der Waals surface area contributed by atoms with Crippen molar-refractivity contribution in [2.45, 2.75) is 51.7 Å². The van der Waals surface area contributed by atoms with Gasteiger partial charge in [-0.1, -0.05) is 19.8 Å². The molecule has 4 heteroatoms. The standard InChI is InChI=1S/C15H21F2NO/c1-2-10-4-3-5-12(6-10)19-15-13(16)7-11(9-18)8-14(15)17/h7-8,10,12H,2-6,9,18H2,1H3. The Bertz CT molecular complexity index is 413. The summed E-state index contributed by atoms with van der Waals surface area (Å²) >= 11 is 0. The minimum atomic E-state index is -0.654. The van der Waals surface area contributed by atoms with Crippen LogP contribution < -0.4 is 10.5 Å². The highest BCUT2D eigenvalue weighted by Crippen LogP contribution is 2.32. The van der Waals surface area contributed by atoms with Gasteiger partial charge in [0.25, 0.3) is 0 Å². The molecule has 2 unspecified atom stereocenters. The largest absolute Gasteiger partial charge is 0.484 e. The molecule has 0 spiro atoms. The van der Waals surface area contributed by atoms with Crippen molar-refractivity contribution >= 4 is 0 Å². The topological polar surface area (TPSA) is 35.2 Å². The molecule has 0 aromatic heterocycles. The SMILES string of the molecule is CCC1CCCC(Oc2c(F)cc(CN)cc2F)C1. The van der Waals surface area contributed by atoms with E-state index in [-0.39, 0.29) is 18.4 Å². The summed E-state index contributed by atoms with van der Waals surface area (Å²) in [5.41, 5.74) is 5.83. The van der Waals surface area contributed by atoms with Crippen LogP contribution in [0.2, 0.25) is 0 Å². The molecular weight excluding hydrogens is 248 g/mol. The molecule has 2 nitrogen and oxygen atoms in total. The number of ether oxygens (including phenoxy) is 1. The molecule has 2 atom stereocenters. The highest BCUT2D eigenvalue weighted by molar-refractivity contribution is 5.31. The van der Waals surface area contributed by atoms with Crippen molar-refractivity contribution in [3.05, 3.63) is 29.3 Å². The third-order valence-corrected chi connectivity index (χ3v) is 3.89. The van der Waals surface area contributed by atoms with Crippen LogP contribution in [0.1, 0.15) is 44.6 Å². The van der Waals surface area contributed by atoms with Crippen molar-refractivity contribution < 1.29 is 13.5 Å². The van der Waals surface area contributed by atoms with Crippen molar-refractivity contribution in [2.75, 3.05) is 0 Å². The minimum Gasteiger partial charge on any atom is -0.484 e. The maximum atomic E-state index is 13.8. The summed E-state index contributed by atoms with van der Waals surface area (Å²) in [5, 5.41) is 0. The summed E-state index contributed by atoms with van der Waals surface area (Å²) in [6, 6.07) is 2.50. The van der Waals surface area contributed by atoms with Gasteiger partial charge in [0.1, 0.15) is 0 Å². The van der Waals surface area contributed by atoms with E-state index < -0.39 is 11.6 Å². The van der Waals surface area contributed by atoms with Crippen molar-refractivity contribution in [1.82, 2.24) is 0 Å². The Morgan fingerprint density at radius 1 is 1.26 bits per heavy atom. The van der Waals surface area contributed by atoms with Gasteiger partial charge in [-0.2, -0.15) is 0 Å². The summed E-state index contributed by atoms with van der Waals surface area (Å²) in [6.45, 7) is 2.26. The van der Waals surface area contributed by atoms with Crippen LogP contribution in [0, 0.1) is 17.6 Å². The molecule has 0 radical (unpaired) electrons. The summed E-state index contributed by atoms with van der Waals surface area (Å²) in [6.07, 6.45) is 5.02. The Morgan fingerprint density at radius 2 is 1.95 bits per heavy atom. The second-order valence-corrected chi connectivity index (χ2v) is 5.27. The van der Waals surface area contributed by atoms with Crippen LogP contribution >= 0.6 is 0 Å². The molecule has 1 aliphatic rings. The molecule has 0 heterocycles. The molecule has 106 valence electrons. The molecule has 1 aliphatic carbocycles. The normalized spacial score (nSPS) is 23.4. The molecule has 0 saturated heterocycles. The summed E-state index contributed by atoms with van der Waals surface area (Å²) in [4.78, 5) is 0. The van der Waals surface area contributed by atoms with Gasteiger partial charge in [0.2, 0.25) is 0 Å². The Balaban J connectivity index is 2.10. The molecule has 1 fully saturated rings. The van der Waals surface area contributed by atoms with Gasteiger partial charge in [-0.05, 0) is 42.9 Å². The first-order chi connectivity index (χ1) is 9.13. The fraction of sp³-hybridized carbons (Fsp3) is 0.600. The van der Waals surface area contributed by atoms with Gasteiger partial charge in [0.05, 0.1) is 6.10 Å². The van der Waals surface area contributed by atoms with Gasteiger partial charge in [0.15, 0.2) is 17.4 Å². The van der Waals surface area contributed by atoms with E-state index in [1.165, 1.54) is 18.6 Å². The van der Waals surface area contributed by atoms with Crippen molar-refractivity contribution in [3.63, 3.8) is 0 Å². The van der Waals surface area contributed by atoms with Crippen LogP contribution in [0.15, 0.2) is 12.1 Å². The smallest absolute Gasteiger partial charge is 0.191 e. The molecule has 2 rings (SSSR count). The quantitative estimate of drug-likeness (QED) is 0.903.